The first-order valence-electron chi connectivity index (χ1n) is 25.1. The van der Waals surface area contributed by atoms with Crippen LogP contribution in [0, 0.1) is 11.6 Å². The van der Waals surface area contributed by atoms with Crippen LogP contribution >= 0.6 is 0 Å². The molecule has 4 unspecified atom stereocenters. The van der Waals surface area contributed by atoms with Gasteiger partial charge >= 0.3 is 18.1 Å². The second-order valence-electron chi connectivity index (χ2n) is 18.9. The molecule has 2 aromatic heterocycles. The number of anilines is 2. The van der Waals surface area contributed by atoms with Crippen LogP contribution in [0.2, 0.25) is 0 Å². The van der Waals surface area contributed by atoms with Crippen LogP contribution in [0.5, 0.6) is 0 Å². The van der Waals surface area contributed by atoms with E-state index in [1.807, 2.05) is 27.7 Å². The lowest BCUT2D eigenvalue weighted by Gasteiger charge is -2.27. The van der Waals surface area contributed by atoms with Gasteiger partial charge < -0.3 is 37.9 Å². The Hall–Kier alpha value is -6.51. The molecule has 0 N–H and O–H groups in total. The predicted molar refractivity (Wildman–Crippen MR) is 284 cm³/mol. The Morgan fingerprint density at radius 2 is 1.00 bits per heavy atom. The molecule has 2 fully saturated rings. The molecule has 424 valence electrons. The fourth-order valence-corrected chi connectivity index (χ4v) is 8.76. The second-order valence-corrected chi connectivity index (χ2v) is 23.0. The fourth-order valence-electron chi connectivity index (χ4n) is 8.01. The number of carbonyl (C=O) groups is 3. The van der Waals surface area contributed by atoms with Gasteiger partial charge in [-0.2, -0.15) is 0 Å². The van der Waals surface area contributed by atoms with E-state index in [4.69, 9.17) is 37.9 Å². The van der Waals surface area contributed by atoms with Crippen molar-refractivity contribution in [3.8, 4) is 22.5 Å². The topological polar surface area (TPSA) is 251 Å². The third-order valence-corrected chi connectivity index (χ3v) is 14.5. The minimum absolute atomic E-state index is 0.0414. The van der Waals surface area contributed by atoms with Crippen molar-refractivity contribution >= 4 is 62.2 Å². The summed E-state index contributed by atoms with van der Waals surface area (Å²) >= 11 is 0. The Balaban J connectivity index is 0.882. The van der Waals surface area contributed by atoms with Crippen molar-refractivity contribution in [2.24, 2.45) is 0 Å². The zero-order valence-electron chi connectivity index (χ0n) is 44.8. The Morgan fingerprint density at radius 1 is 0.615 bits per heavy atom. The molecule has 2 aliphatic heterocycles. The van der Waals surface area contributed by atoms with Crippen molar-refractivity contribution in [2.75, 3.05) is 88.1 Å². The molecular weight excluding hydrogens is 1060 g/mol. The van der Waals surface area contributed by atoms with Gasteiger partial charge in [-0.3, -0.25) is 9.59 Å². The van der Waals surface area contributed by atoms with Crippen LogP contribution in [0.25, 0.3) is 34.7 Å². The molecule has 0 aliphatic carbocycles. The summed E-state index contributed by atoms with van der Waals surface area (Å²) in [6.07, 6.45) is 5.34. The molecule has 4 atom stereocenters. The van der Waals surface area contributed by atoms with Gasteiger partial charge in [0.15, 0.2) is 0 Å². The van der Waals surface area contributed by atoms with Crippen molar-refractivity contribution in [3.63, 3.8) is 0 Å². The van der Waals surface area contributed by atoms with E-state index < -0.39 is 74.2 Å². The van der Waals surface area contributed by atoms with Gasteiger partial charge in [-0.05, 0) is 72.5 Å². The molecule has 6 rings (SSSR count). The van der Waals surface area contributed by atoms with Crippen LogP contribution in [0.15, 0.2) is 60.7 Å². The van der Waals surface area contributed by atoms with E-state index in [9.17, 15) is 40.0 Å². The van der Waals surface area contributed by atoms with E-state index in [0.29, 0.717) is 51.5 Å². The van der Waals surface area contributed by atoms with Crippen molar-refractivity contribution in [1.82, 2.24) is 19.9 Å². The highest BCUT2D eigenvalue weighted by molar-refractivity contribution is 7.92. The first-order valence-corrected chi connectivity index (χ1v) is 28.8. The van der Waals surface area contributed by atoms with Crippen LogP contribution in [0.4, 0.5) is 25.5 Å². The van der Waals surface area contributed by atoms with Crippen LogP contribution in [0.1, 0.15) is 87.7 Å². The molecule has 0 bridgehead atoms. The Bertz CT molecular complexity index is 3000. The number of rotatable bonds is 26. The smallest absolute Gasteiger partial charge is 0.458 e. The number of sulfonamides is 2. The summed E-state index contributed by atoms with van der Waals surface area (Å²) in [4.78, 5) is 56.0. The number of hydrogen-bond acceptors (Lipinski definition) is 19. The zero-order chi connectivity index (χ0) is 56.7. The molecule has 25 heteroatoms. The van der Waals surface area contributed by atoms with E-state index in [0.717, 1.165) is 21.1 Å². The summed E-state index contributed by atoms with van der Waals surface area (Å²) < 4.78 is 124. The average molecular weight is 1130 g/mol. The van der Waals surface area contributed by atoms with Crippen molar-refractivity contribution in [3.05, 3.63) is 94.8 Å². The predicted octanol–water partition coefficient (Wildman–Crippen LogP) is 7.01. The van der Waals surface area contributed by atoms with Gasteiger partial charge in [0.2, 0.25) is 31.9 Å². The standard InChI is InChI=1S/C53H66F2N6O15S2/c1-33(2)47-43(49(35-9-13-37(54)14-10-35)58-51(56-47)60(5)77(7,65)66)19-17-39-29-41(31-45(62)74-39)72-27-25-70-23-21-69-22-24-71-26-28-73-53(64)76-42-30-40(75-46(63)32-42)18-20-44-48(34(3)4)57-52(61(6)78(8,67)68)59-50(44)36-11-15-38(55)16-12-36/h9-20,33-34,39-42H,21-32H2,1-8H3. The summed E-state index contributed by atoms with van der Waals surface area (Å²) in [5, 5.41) is 0. The number of benzene rings is 2. The minimum atomic E-state index is -3.73. The van der Waals surface area contributed by atoms with Gasteiger partial charge in [-0.25, -0.2) is 59.0 Å². The molecule has 0 saturated carbocycles. The highest BCUT2D eigenvalue weighted by Gasteiger charge is 2.32. The van der Waals surface area contributed by atoms with Crippen molar-refractivity contribution in [1.29, 1.82) is 0 Å². The molecule has 0 amide bonds. The quantitative estimate of drug-likeness (QED) is 0.0348. The first-order chi connectivity index (χ1) is 37.0. The maximum absolute atomic E-state index is 13.9. The third kappa shape index (κ3) is 17.8. The van der Waals surface area contributed by atoms with Gasteiger partial charge in [0.1, 0.15) is 36.6 Å². The Labute approximate surface area is 453 Å². The van der Waals surface area contributed by atoms with Gasteiger partial charge in [0, 0.05) is 49.2 Å². The van der Waals surface area contributed by atoms with Crippen LogP contribution in [0.3, 0.4) is 0 Å². The highest BCUT2D eigenvalue weighted by Crippen LogP contribution is 2.34. The number of halogens is 2. The van der Waals surface area contributed by atoms with E-state index in [1.54, 1.807) is 36.4 Å². The summed E-state index contributed by atoms with van der Waals surface area (Å²) in [6, 6.07) is 11.2. The van der Waals surface area contributed by atoms with Gasteiger partial charge in [-0.15, -0.1) is 0 Å². The number of hydrogen-bond donors (Lipinski definition) is 0. The molecule has 4 aromatic rings. The van der Waals surface area contributed by atoms with Crippen molar-refractivity contribution < 1.29 is 77.9 Å². The number of nitrogens with zero attached hydrogens (tertiary/aromatic N) is 6. The summed E-state index contributed by atoms with van der Waals surface area (Å²) in [5.41, 5.74) is 3.83. The molecule has 78 heavy (non-hydrogen) atoms. The molecule has 2 saturated heterocycles. The molecule has 0 spiro atoms. The van der Waals surface area contributed by atoms with E-state index in [-0.39, 0.29) is 95.9 Å². The largest absolute Gasteiger partial charge is 0.508 e. The maximum atomic E-state index is 13.9. The monoisotopic (exact) mass is 1130 g/mol. The summed E-state index contributed by atoms with van der Waals surface area (Å²) in [5.74, 6) is -2.47. The number of esters is 2. The van der Waals surface area contributed by atoms with Gasteiger partial charge in [-0.1, -0.05) is 39.8 Å². The number of aromatic nitrogens is 4. The summed E-state index contributed by atoms with van der Waals surface area (Å²) in [6.45, 7) is 8.87. The van der Waals surface area contributed by atoms with Crippen LogP contribution in [-0.2, 0) is 67.5 Å². The summed E-state index contributed by atoms with van der Waals surface area (Å²) in [7, 11) is -4.74. The molecule has 2 aromatic carbocycles. The average Bonchev–Trinajstić information content (AvgIpc) is 3.42. The Kier molecular flexibility index (Phi) is 21.7. The van der Waals surface area contributed by atoms with E-state index in [2.05, 4.69) is 19.9 Å². The zero-order valence-corrected chi connectivity index (χ0v) is 46.4. The van der Waals surface area contributed by atoms with Gasteiger partial charge in [0.25, 0.3) is 0 Å². The van der Waals surface area contributed by atoms with Crippen LogP contribution in [-0.4, -0.2) is 159 Å². The minimum Gasteiger partial charge on any atom is -0.458 e. The Morgan fingerprint density at radius 3 is 1.41 bits per heavy atom. The number of carbonyl (C=O) groups excluding carboxylic acids is 3. The lowest BCUT2D eigenvalue weighted by Crippen LogP contribution is -2.34. The lowest BCUT2D eigenvalue weighted by atomic mass is 9.97. The number of ether oxygens (including phenoxy) is 8. The fraction of sp³-hybridized carbons (Fsp3) is 0.491. The van der Waals surface area contributed by atoms with E-state index >= 15 is 0 Å². The number of cyclic esters (lactones) is 2. The molecule has 21 nitrogen and oxygen atoms in total. The molecule has 0 radical (unpaired) electrons. The third-order valence-electron chi connectivity index (χ3n) is 12.1. The molecule has 2 aliphatic rings. The van der Waals surface area contributed by atoms with Gasteiger partial charge in [0.05, 0.1) is 100 Å². The molecule has 4 heterocycles. The van der Waals surface area contributed by atoms with Crippen molar-refractivity contribution in [2.45, 2.75) is 89.6 Å². The van der Waals surface area contributed by atoms with E-state index in [1.165, 1.54) is 50.5 Å². The van der Waals surface area contributed by atoms with Crippen LogP contribution < -0.4 is 8.61 Å². The SMILES string of the molecule is CC(C)c1nc(N(C)S(C)(=O)=O)nc(-c2ccc(F)cc2)c1C=CC1CC(OCCOCCOCCOCCOC(=O)OC2CC(=O)OC(C=Cc3c(-c4ccc(F)cc4)nc(N(C)S(C)(=O)=O)nc3C(C)C)C2)CC(=O)O1. The highest BCUT2D eigenvalue weighted by atomic mass is 32.2. The lowest BCUT2D eigenvalue weighted by molar-refractivity contribution is -0.160. The first kappa shape index (κ1) is 60.7. The second kappa shape index (κ2) is 27.9. The molecular formula is C53H66F2N6O15S2. The normalized spacial score (nSPS) is 18.2. The maximum Gasteiger partial charge on any atom is 0.508 e.